The molecule has 1 N–H and O–H groups in total. The summed E-state index contributed by atoms with van der Waals surface area (Å²) in [5, 5.41) is 3.70. The van der Waals surface area contributed by atoms with Crippen LogP contribution in [0.2, 0.25) is 15.1 Å². The van der Waals surface area contributed by atoms with E-state index in [1.807, 2.05) is 0 Å². The summed E-state index contributed by atoms with van der Waals surface area (Å²) in [6, 6.07) is 8.05. The number of hydrogen-bond acceptors (Lipinski definition) is 4. The number of aromatic nitrogens is 1. The molecule has 1 aromatic heterocycles. The molecular formula is C16H13Cl3N2O3. The Labute approximate surface area is 153 Å². The monoisotopic (exact) mass is 386 g/mol. The van der Waals surface area contributed by atoms with Crippen LogP contribution in [0.15, 0.2) is 36.5 Å². The maximum atomic E-state index is 12.0. The van der Waals surface area contributed by atoms with Crippen molar-refractivity contribution in [2.75, 3.05) is 5.32 Å². The second kappa shape index (κ2) is 8.33. The molecule has 8 heteroatoms. The zero-order valence-electron chi connectivity index (χ0n) is 12.6. The minimum absolute atomic E-state index is 0.130. The van der Waals surface area contributed by atoms with Gasteiger partial charge in [-0.2, -0.15) is 0 Å². The van der Waals surface area contributed by atoms with Crippen LogP contribution in [0.1, 0.15) is 12.5 Å². The Balaban J connectivity index is 1.93. The highest BCUT2D eigenvalue weighted by Gasteiger charge is 2.20. The van der Waals surface area contributed by atoms with Crippen LogP contribution in [0.5, 0.6) is 0 Å². The van der Waals surface area contributed by atoms with Crippen LogP contribution in [0.3, 0.4) is 0 Å². The number of carbonyl (C=O) groups is 2. The molecule has 24 heavy (non-hydrogen) atoms. The molecule has 0 aliphatic rings. The second-order valence-corrected chi connectivity index (χ2v) is 6.11. The fourth-order valence-electron chi connectivity index (χ4n) is 1.82. The van der Waals surface area contributed by atoms with E-state index in [1.165, 1.54) is 19.2 Å². The summed E-state index contributed by atoms with van der Waals surface area (Å²) in [6.07, 6.45) is 0.263. The van der Waals surface area contributed by atoms with Crippen LogP contribution < -0.4 is 5.32 Å². The van der Waals surface area contributed by atoms with Crippen molar-refractivity contribution < 1.29 is 14.3 Å². The maximum absolute atomic E-state index is 12.0. The molecule has 1 amide bonds. The summed E-state index contributed by atoms with van der Waals surface area (Å²) in [4.78, 5) is 27.9. The number of esters is 1. The largest absolute Gasteiger partial charge is 0.452 e. The van der Waals surface area contributed by atoms with E-state index in [9.17, 15) is 9.59 Å². The maximum Gasteiger partial charge on any atom is 0.311 e. The van der Waals surface area contributed by atoms with Gasteiger partial charge in [-0.15, -0.1) is 0 Å². The Bertz CT molecular complexity index is 730. The molecule has 0 spiro atoms. The SMILES string of the molecule is C[C@@H](OC(=O)Cc1c(Cl)cccc1Cl)C(=O)Nc1ccc(Cl)cn1. The van der Waals surface area contributed by atoms with Crippen LogP contribution in [0, 0.1) is 0 Å². The summed E-state index contributed by atoms with van der Waals surface area (Å²) in [5.74, 6) is -0.818. The van der Waals surface area contributed by atoms with Crippen LogP contribution in [-0.4, -0.2) is 23.0 Å². The van der Waals surface area contributed by atoms with E-state index >= 15 is 0 Å². The van der Waals surface area contributed by atoms with Crippen LogP contribution >= 0.6 is 34.8 Å². The van der Waals surface area contributed by atoms with E-state index < -0.39 is 18.0 Å². The van der Waals surface area contributed by atoms with Crippen molar-refractivity contribution in [2.45, 2.75) is 19.4 Å². The van der Waals surface area contributed by atoms with E-state index in [0.717, 1.165) is 0 Å². The number of anilines is 1. The van der Waals surface area contributed by atoms with E-state index in [4.69, 9.17) is 39.5 Å². The Morgan fingerprint density at radius 2 is 1.83 bits per heavy atom. The lowest BCUT2D eigenvalue weighted by Gasteiger charge is -2.14. The predicted molar refractivity (Wildman–Crippen MR) is 93.6 cm³/mol. The highest BCUT2D eigenvalue weighted by atomic mass is 35.5. The average Bonchev–Trinajstić information content (AvgIpc) is 2.53. The summed E-state index contributed by atoms with van der Waals surface area (Å²) in [6.45, 7) is 1.46. The molecule has 0 aliphatic carbocycles. The molecule has 0 saturated carbocycles. The Kier molecular flexibility index (Phi) is 6.43. The number of ether oxygens (including phenoxy) is 1. The lowest BCUT2D eigenvalue weighted by atomic mass is 10.1. The van der Waals surface area contributed by atoms with E-state index in [0.29, 0.717) is 26.4 Å². The van der Waals surface area contributed by atoms with Crippen molar-refractivity contribution in [3.63, 3.8) is 0 Å². The first-order valence-corrected chi connectivity index (χ1v) is 8.05. The summed E-state index contributed by atoms with van der Waals surface area (Å²) in [7, 11) is 0. The number of benzene rings is 1. The first kappa shape index (κ1) is 18.5. The van der Waals surface area contributed by atoms with E-state index in [2.05, 4.69) is 10.3 Å². The zero-order valence-corrected chi connectivity index (χ0v) is 14.8. The zero-order chi connectivity index (χ0) is 17.7. The second-order valence-electron chi connectivity index (χ2n) is 4.86. The highest BCUT2D eigenvalue weighted by Crippen LogP contribution is 2.25. The minimum Gasteiger partial charge on any atom is -0.452 e. The molecule has 1 atom stereocenters. The van der Waals surface area contributed by atoms with Crippen molar-refractivity contribution >= 4 is 52.5 Å². The summed E-state index contributed by atoms with van der Waals surface area (Å²) in [5.41, 5.74) is 0.456. The molecule has 1 aromatic carbocycles. The summed E-state index contributed by atoms with van der Waals surface area (Å²) >= 11 is 17.7. The standard InChI is InChI=1S/C16H13Cl3N2O3/c1-9(16(23)21-14-6-5-10(17)8-20-14)24-15(22)7-11-12(18)3-2-4-13(11)19/h2-6,8-9H,7H2,1H3,(H,20,21,23)/t9-/m1/s1. The normalized spacial score (nSPS) is 11.7. The van der Waals surface area contributed by atoms with Gasteiger partial charge in [-0.3, -0.25) is 9.59 Å². The van der Waals surface area contributed by atoms with Gasteiger partial charge in [0.05, 0.1) is 11.4 Å². The quantitative estimate of drug-likeness (QED) is 0.782. The fourth-order valence-corrected chi connectivity index (χ4v) is 2.46. The average molecular weight is 388 g/mol. The smallest absolute Gasteiger partial charge is 0.311 e. The number of carbonyl (C=O) groups excluding carboxylic acids is 2. The third-order valence-electron chi connectivity index (χ3n) is 3.04. The topological polar surface area (TPSA) is 68.3 Å². The van der Waals surface area contributed by atoms with Gasteiger partial charge in [0, 0.05) is 21.8 Å². The van der Waals surface area contributed by atoms with Gasteiger partial charge >= 0.3 is 5.97 Å². The first-order chi connectivity index (χ1) is 11.4. The van der Waals surface area contributed by atoms with Crippen LogP contribution in [0.4, 0.5) is 5.82 Å². The lowest BCUT2D eigenvalue weighted by Crippen LogP contribution is -2.30. The van der Waals surface area contributed by atoms with Crippen molar-refractivity contribution in [3.05, 3.63) is 57.2 Å². The third-order valence-corrected chi connectivity index (χ3v) is 3.97. The number of nitrogens with zero attached hydrogens (tertiary/aromatic N) is 1. The van der Waals surface area contributed by atoms with Crippen molar-refractivity contribution in [3.8, 4) is 0 Å². The molecule has 5 nitrogen and oxygen atoms in total. The molecule has 0 fully saturated rings. The number of amides is 1. The Morgan fingerprint density at radius 3 is 2.42 bits per heavy atom. The first-order valence-electron chi connectivity index (χ1n) is 6.91. The summed E-state index contributed by atoms with van der Waals surface area (Å²) < 4.78 is 5.10. The molecular weight excluding hydrogens is 375 g/mol. The van der Waals surface area contributed by atoms with Gasteiger partial charge in [-0.1, -0.05) is 40.9 Å². The van der Waals surface area contributed by atoms with Crippen molar-refractivity contribution in [1.29, 1.82) is 0 Å². The van der Waals surface area contributed by atoms with Gasteiger partial charge < -0.3 is 10.1 Å². The predicted octanol–water partition coefficient (Wildman–Crippen LogP) is 4.15. The number of hydrogen-bond donors (Lipinski definition) is 1. The molecule has 126 valence electrons. The fraction of sp³-hybridized carbons (Fsp3) is 0.188. The number of halogens is 3. The molecule has 0 unspecified atom stereocenters. The Hall–Kier alpha value is -1.82. The van der Waals surface area contributed by atoms with Gasteiger partial charge in [0.15, 0.2) is 6.10 Å². The molecule has 0 saturated heterocycles. The van der Waals surface area contributed by atoms with Gasteiger partial charge in [0.1, 0.15) is 5.82 Å². The van der Waals surface area contributed by atoms with Crippen molar-refractivity contribution in [2.24, 2.45) is 0 Å². The van der Waals surface area contributed by atoms with Gasteiger partial charge in [-0.25, -0.2) is 4.98 Å². The molecule has 2 aromatic rings. The lowest BCUT2D eigenvalue weighted by molar-refractivity contribution is -0.152. The molecule has 1 heterocycles. The number of rotatable bonds is 5. The highest BCUT2D eigenvalue weighted by molar-refractivity contribution is 6.36. The molecule has 0 bridgehead atoms. The third kappa shape index (κ3) is 5.09. The molecule has 2 rings (SSSR count). The van der Waals surface area contributed by atoms with Gasteiger partial charge in [-0.05, 0) is 31.2 Å². The molecule has 0 radical (unpaired) electrons. The van der Waals surface area contributed by atoms with E-state index in [1.54, 1.807) is 24.3 Å². The Morgan fingerprint density at radius 1 is 1.17 bits per heavy atom. The molecule has 0 aliphatic heterocycles. The number of nitrogens with one attached hydrogen (secondary N) is 1. The number of pyridine rings is 1. The van der Waals surface area contributed by atoms with Gasteiger partial charge in [0.25, 0.3) is 5.91 Å². The van der Waals surface area contributed by atoms with Gasteiger partial charge in [0.2, 0.25) is 0 Å². The van der Waals surface area contributed by atoms with E-state index in [-0.39, 0.29) is 6.42 Å². The minimum atomic E-state index is -1.00. The van der Waals surface area contributed by atoms with Crippen LogP contribution in [0.25, 0.3) is 0 Å². The van der Waals surface area contributed by atoms with Crippen LogP contribution in [-0.2, 0) is 20.7 Å². The van der Waals surface area contributed by atoms with Crippen molar-refractivity contribution in [1.82, 2.24) is 4.98 Å².